The molecular formula is C21H18N2O8S. The van der Waals surface area contributed by atoms with Gasteiger partial charge < -0.3 is 19.2 Å². The monoisotopic (exact) mass is 458 g/mol. The number of furan rings is 1. The van der Waals surface area contributed by atoms with Crippen molar-refractivity contribution in [2.75, 3.05) is 18.5 Å². The van der Waals surface area contributed by atoms with E-state index in [1.54, 1.807) is 24.4 Å². The second-order valence-electron chi connectivity index (χ2n) is 6.38. The van der Waals surface area contributed by atoms with E-state index in [1.807, 2.05) is 0 Å². The van der Waals surface area contributed by atoms with Gasteiger partial charge in [-0.25, -0.2) is 9.59 Å². The molecule has 0 bridgehead atoms. The van der Waals surface area contributed by atoms with Gasteiger partial charge in [-0.3, -0.25) is 14.9 Å². The fourth-order valence-electron chi connectivity index (χ4n) is 2.88. The topological polar surface area (TPSA) is 138 Å². The van der Waals surface area contributed by atoms with Gasteiger partial charge in [-0.1, -0.05) is 6.07 Å². The standard InChI is InChI=1S/C21H18N2O8S/c1-3-29-21(26)18-14(16-8-5-9-30-16)11-32-19(18)22-17(24)10-31-20(25)13-6-4-7-15(12(13)2)23(27)28/h4-9,11H,3,10H2,1-2H3,(H,22,24). The van der Waals surface area contributed by atoms with Gasteiger partial charge in [-0.05, 0) is 32.0 Å². The summed E-state index contributed by atoms with van der Waals surface area (Å²) in [5.41, 5.74) is 0.468. The van der Waals surface area contributed by atoms with Gasteiger partial charge in [0.05, 0.1) is 23.4 Å². The van der Waals surface area contributed by atoms with E-state index in [4.69, 9.17) is 13.9 Å². The van der Waals surface area contributed by atoms with Crippen molar-refractivity contribution in [2.24, 2.45) is 0 Å². The highest BCUT2D eigenvalue weighted by Crippen LogP contribution is 2.36. The zero-order valence-electron chi connectivity index (χ0n) is 17.1. The number of nitrogens with zero attached hydrogens (tertiary/aromatic N) is 1. The summed E-state index contributed by atoms with van der Waals surface area (Å²) in [6.07, 6.45) is 1.45. The highest BCUT2D eigenvalue weighted by molar-refractivity contribution is 7.15. The van der Waals surface area contributed by atoms with Crippen LogP contribution in [-0.4, -0.2) is 36.0 Å². The first-order chi connectivity index (χ1) is 15.3. The maximum absolute atomic E-state index is 12.5. The smallest absolute Gasteiger partial charge is 0.341 e. The molecule has 0 saturated carbocycles. The number of hydrogen-bond acceptors (Lipinski definition) is 9. The van der Waals surface area contributed by atoms with Crippen LogP contribution in [-0.2, 0) is 14.3 Å². The van der Waals surface area contributed by atoms with Gasteiger partial charge in [0.15, 0.2) is 6.61 Å². The lowest BCUT2D eigenvalue weighted by Gasteiger charge is -2.09. The number of nitro groups is 1. The van der Waals surface area contributed by atoms with E-state index in [0.717, 1.165) is 11.3 Å². The second kappa shape index (κ2) is 9.88. The molecule has 11 heteroatoms. The lowest BCUT2D eigenvalue weighted by molar-refractivity contribution is -0.385. The molecule has 0 fully saturated rings. The number of nitrogens with one attached hydrogen (secondary N) is 1. The van der Waals surface area contributed by atoms with E-state index in [-0.39, 0.29) is 34.0 Å². The molecule has 0 aliphatic heterocycles. The van der Waals surface area contributed by atoms with Gasteiger partial charge in [-0.15, -0.1) is 11.3 Å². The number of nitro benzene ring substituents is 1. The molecule has 0 unspecified atom stereocenters. The van der Waals surface area contributed by atoms with Gasteiger partial charge in [0.2, 0.25) is 0 Å². The van der Waals surface area contributed by atoms with Crippen molar-refractivity contribution in [3.63, 3.8) is 0 Å². The summed E-state index contributed by atoms with van der Waals surface area (Å²) < 4.78 is 15.4. The molecular weight excluding hydrogens is 440 g/mol. The average molecular weight is 458 g/mol. The molecule has 0 aliphatic rings. The van der Waals surface area contributed by atoms with Crippen molar-refractivity contribution < 1.29 is 33.2 Å². The number of anilines is 1. The lowest BCUT2D eigenvalue weighted by Crippen LogP contribution is -2.22. The highest BCUT2D eigenvalue weighted by Gasteiger charge is 2.25. The Bertz CT molecular complexity index is 1170. The molecule has 0 saturated heterocycles. The van der Waals surface area contributed by atoms with Crippen molar-refractivity contribution in [3.8, 4) is 11.3 Å². The Labute approximate surface area is 185 Å². The summed E-state index contributed by atoms with van der Waals surface area (Å²) in [5.74, 6) is -1.79. The van der Waals surface area contributed by atoms with Crippen LogP contribution in [0.4, 0.5) is 10.7 Å². The van der Waals surface area contributed by atoms with Gasteiger partial charge in [0, 0.05) is 22.6 Å². The molecule has 0 spiro atoms. The molecule has 1 amide bonds. The van der Waals surface area contributed by atoms with E-state index in [2.05, 4.69) is 5.32 Å². The fourth-order valence-corrected chi connectivity index (χ4v) is 3.84. The molecule has 166 valence electrons. The van der Waals surface area contributed by atoms with E-state index in [0.29, 0.717) is 11.3 Å². The molecule has 0 aliphatic carbocycles. The normalized spacial score (nSPS) is 10.4. The third kappa shape index (κ3) is 4.83. The van der Waals surface area contributed by atoms with Crippen molar-refractivity contribution in [1.82, 2.24) is 0 Å². The minimum atomic E-state index is -0.880. The lowest BCUT2D eigenvalue weighted by atomic mass is 10.1. The van der Waals surface area contributed by atoms with Crippen LogP contribution >= 0.6 is 11.3 Å². The second-order valence-corrected chi connectivity index (χ2v) is 7.26. The molecule has 0 atom stereocenters. The molecule has 32 heavy (non-hydrogen) atoms. The fraction of sp³-hybridized carbons (Fsp3) is 0.190. The first-order valence-corrected chi connectivity index (χ1v) is 10.2. The van der Waals surface area contributed by atoms with Crippen LogP contribution in [0.1, 0.15) is 33.2 Å². The van der Waals surface area contributed by atoms with Crippen molar-refractivity contribution in [2.45, 2.75) is 13.8 Å². The van der Waals surface area contributed by atoms with Crippen molar-refractivity contribution >= 4 is 39.9 Å². The largest absolute Gasteiger partial charge is 0.464 e. The number of amides is 1. The van der Waals surface area contributed by atoms with Gasteiger partial charge in [-0.2, -0.15) is 0 Å². The van der Waals surface area contributed by atoms with Crippen LogP contribution in [0, 0.1) is 17.0 Å². The molecule has 1 N–H and O–H groups in total. The number of carbonyl (C=O) groups excluding carboxylic acids is 3. The Morgan fingerprint density at radius 1 is 1.16 bits per heavy atom. The Morgan fingerprint density at radius 2 is 1.94 bits per heavy atom. The number of esters is 2. The SMILES string of the molecule is CCOC(=O)c1c(-c2ccco2)csc1NC(=O)COC(=O)c1cccc([N+](=O)[O-])c1C. The van der Waals surface area contributed by atoms with Gasteiger partial charge >= 0.3 is 11.9 Å². The van der Waals surface area contributed by atoms with Crippen LogP contribution in [0.25, 0.3) is 11.3 Å². The zero-order chi connectivity index (χ0) is 23.3. The Morgan fingerprint density at radius 3 is 2.59 bits per heavy atom. The maximum atomic E-state index is 12.5. The summed E-state index contributed by atoms with van der Waals surface area (Å²) in [7, 11) is 0. The molecule has 3 aromatic rings. The summed E-state index contributed by atoms with van der Waals surface area (Å²) in [6, 6.07) is 7.32. The predicted octanol–water partition coefficient (Wildman–Crippen LogP) is 4.20. The third-order valence-electron chi connectivity index (χ3n) is 4.37. The molecule has 3 rings (SSSR count). The van der Waals surface area contributed by atoms with E-state index < -0.39 is 29.4 Å². The number of rotatable bonds is 8. The van der Waals surface area contributed by atoms with E-state index in [1.165, 1.54) is 31.4 Å². The minimum Gasteiger partial charge on any atom is -0.464 e. The summed E-state index contributed by atoms with van der Waals surface area (Å²) in [4.78, 5) is 47.6. The van der Waals surface area contributed by atoms with Crippen LogP contribution in [0.2, 0.25) is 0 Å². The summed E-state index contributed by atoms with van der Waals surface area (Å²) in [6.45, 7) is 2.56. The van der Waals surface area contributed by atoms with Crippen molar-refractivity contribution in [1.29, 1.82) is 0 Å². The molecule has 2 heterocycles. The van der Waals surface area contributed by atoms with Crippen LogP contribution in [0.15, 0.2) is 46.4 Å². The predicted molar refractivity (Wildman–Crippen MR) is 115 cm³/mol. The third-order valence-corrected chi connectivity index (χ3v) is 5.26. The molecule has 10 nitrogen and oxygen atoms in total. The summed E-state index contributed by atoms with van der Waals surface area (Å²) in [5, 5.41) is 15.4. The first-order valence-electron chi connectivity index (χ1n) is 9.37. The number of thiophene rings is 1. The molecule has 1 aromatic carbocycles. The Hall–Kier alpha value is -3.99. The Kier molecular flexibility index (Phi) is 7.00. The number of ether oxygens (including phenoxy) is 2. The Balaban J connectivity index is 1.73. The summed E-state index contributed by atoms with van der Waals surface area (Å²) >= 11 is 1.09. The molecule has 0 radical (unpaired) electrons. The van der Waals surface area contributed by atoms with Crippen LogP contribution < -0.4 is 5.32 Å². The van der Waals surface area contributed by atoms with Crippen LogP contribution in [0.5, 0.6) is 0 Å². The molecule has 2 aromatic heterocycles. The van der Waals surface area contributed by atoms with Gasteiger partial charge in [0.25, 0.3) is 11.6 Å². The average Bonchev–Trinajstić information content (AvgIpc) is 3.42. The quantitative estimate of drug-likeness (QED) is 0.301. The number of carbonyl (C=O) groups is 3. The first kappa shape index (κ1) is 22.7. The van der Waals surface area contributed by atoms with E-state index >= 15 is 0 Å². The van der Waals surface area contributed by atoms with E-state index in [9.17, 15) is 24.5 Å². The van der Waals surface area contributed by atoms with Gasteiger partial charge in [0.1, 0.15) is 16.3 Å². The highest BCUT2D eigenvalue weighted by atomic mass is 32.1. The number of benzene rings is 1. The van der Waals surface area contributed by atoms with Crippen LogP contribution in [0.3, 0.4) is 0 Å². The minimum absolute atomic E-state index is 0.0181. The maximum Gasteiger partial charge on any atom is 0.341 e. The van der Waals surface area contributed by atoms with Crippen molar-refractivity contribution in [3.05, 3.63) is 68.8 Å². The zero-order valence-corrected chi connectivity index (χ0v) is 17.9. The number of hydrogen-bond donors (Lipinski definition) is 1.